The molecule has 0 fully saturated rings. The van der Waals surface area contributed by atoms with Gasteiger partial charge >= 0.3 is 0 Å². The molecule has 3 aromatic heterocycles. The van der Waals surface area contributed by atoms with Gasteiger partial charge in [0.05, 0.1) is 22.2 Å². The predicted octanol–water partition coefficient (Wildman–Crippen LogP) is 13.9. The SMILES string of the molecule is CC1(C)c2ccccc2-c2ccc3c4cc(-c5ccc6oc7ccccc7c6c5)ccc4n(-c4nc(-c5ccc(-c6ccccc6)cc5)c5ccccc5n4)c3c21. The number of nitrogens with zero attached hydrogens (tertiary/aromatic N) is 3. The molecule has 0 saturated heterocycles. The summed E-state index contributed by atoms with van der Waals surface area (Å²) in [5.74, 6) is 0.662. The van der Waals surface area contributed by atoms with Gasteiger partial charge in [-0.3, -0.25) is 4.57 Å². The van der Waals surface area contributed by atoms with E-state index in [0.717, 1.165) is 66.3 Å². The molecule has 4 nitrogen and oxygen atoms in total. The second-order valence-corrected chi connectivity index (χ2v) is 15.8. The first-order chi connectivity index (χ1) is 28.0. The molecule has 1 aliphatic rings. The molecular weight excluding hydrogens is 695 g/mol. The van der Waals surface area contributed by atoms with Crippen molar-refractivity contribution in [1.82, 2.24) is 14.5 Å². The van der Waals surface area contributed by atoms with Crippen LogP contribution in [0.5, 0.6) is 0 Å². The van der Waals surface area contributed by atoms with Crippen molar-refractivity contribution >= 4 is 54.6 Å². The molecule has 0 unspecified atom stereocenters. The Hall–Kier alpha value is -7.30. The molecule has 0 aliphatic heterocycles. The lowest BCUT2D eigenvalue weighted by Gasteiger charge is -2.23. The molecule has 3 heterocycles. The van der Waals surface area contributed by atoms with Gasteiger partial charge in [-0.05, 0) is 80.9 Å². The number of rotatable bonds is 4. The van der Waals surface area contributed by atoms with Crippen molar-refractivity contribution in [2.45, 2.75) is 19.3 Å². The number of para-hydroxylation sites is 2. The minimum atomic E-state index is -0.249. The number of fused-ring (bicyclic) bond motifs is 11. The zero-order chi connectivity index (χ0) is 37.8. The molecule has 0 saturated carbocycles. The second kappa shape index (κ2) is 11.8. The van der Waals surface area contributed by atoms with Crippen LogP contribution in [0, 0.1) is 0 Å². The van der Waals surface area contributed by atoms with Gasteiger partial charge in [-0.15, -0.1) is 0 Å². The molecule has 0 amide bonds. The van der Waals surface area contributed by atoms with Gasteiger partial charge in [-0.1, -0.05) is 153 Å². The van der Waals surface area contributed by atoms with Crippen molar-refractivity contribution in [2.24, 2.45) is 0 Å². The van der Waals surface area contributed by atoms with Gasteiger partial charge in [0.2, 0.25) is 5.95 Å². The predicted molar refractivity (Wildman–Crippen MR) is 235 cm³/mol. The maximum atomic E-state index is 6.19. The fraction of sp³-hybridized carbons (Fsp3) is 0.0566. The van der Waals surface area contributed by atoms with Crippen molar-refractivity contribution < 1.29 is 4.42 Å². The van der Waals surface area contributed by atoms with Crippen LogP contribution in [0.3, 0.4) is 0 Å². The highest BCUT2D eigenvalue weighted by atomic mass is 16.3. The van der Waals surface area contributed by atoms with Crippen LogP contribution in [0.25, 0.3) is 105 Å². The number of hydrogen-bond acceptors (Lipinski definition) is 3. The number of furan rings is 1. The van der Waals surface area contributed by atoms with E-state index in [1.807, 2.05) is 12.1 Å². The second-order valence-electron chi connectivity index (χ2n) is 15.8. The largest absolute Gasteiger partial charge is 0.456 e. The van der Waals surface area contributed by atoms with E-state index in [4.69, 9.17) is 14.4 Å². The zero-order valence-corrected chi connectivity index (χ0v) is 31.5. The third kappa shape index (κ3) is 4.68. The van der Waals surface area contributed by atoms with Crippen LogP contribution in [0.1, 0.15) is 25.0 Å². The summed E-state index contributed by atoms with van der Waals surface area (Å²) in [7, 11) is 0. The van der Waals surface area contributed by atoms with Crippen molar-refractivity contribution in [3.63, 3.8) is 0 Å². The molecular formula is C53H35N3O. The summed E-state index contributed by atoms with van der Waals surface area (Å²) in [5.41, 5.74) is 16.5. The number of hydrogen-bond donors (Lipinski definition) is 0. The summed E-state index contributed by atoms with van der Waals surface area (Å²) in [6, 6.07) is 62.8. The van der Waals surface area contributed by atoms with Crippen molar-refractivity contribution in [3.05, 3.63) is 187 Å². The van der Waals surface area contributed by atoms with Gasteiger partial charge in [0.25, 0.3) is 0 Å². The average Bonchev–Trinajstić information content (AvgIpc) is 3.88. The molecule has 4 heteroatoms. The zero-order valence-electron chi connectivity index (χ0n) is 31.5. The Morgan fingerprint density at radius 2 is 1.11 bits per heavy atom. The molecule has 8 aromatic carbocycles. The van der Waals surface area contributed by atoms with E-state index in [1.165, 1.54) is 44.2 Å². The molecule has 0 atom stereocenters. The van der Waals surface area contributed by atoms with E-state index >= 15 is 0 Å². The molecule has 1 aliphatic carbocycles. The van der Waals surface area contributed by atoms with Crippen LogP contribution in [0.15, 0.2) is 180 Å². The molecule has 268 valence electrons. The van der Waals surface area contributed by atoms with Gasteiger partial charge in [0.1, 0.15) is 11.2 Å². The molecule has 12 rings (SSSR count). The first-order valence-electron chi connectivity index (χ1n) is 19.6. The lowest BCUT2D eigenvalue weighted by molar-refractivity contribution is 0.663. The maximum absolute atomic E-state index is 6.19. The maximum Gasteiger partial charge on any atom is 0.235 e. The van der Waals surface area contributed by atoms with E-state index in [2.05, 4.69) is 182 Å². The van der Waals surface area contributed by atoms with Gasteiger partial charge in [-0.2, -0.15) is 0 Å². The van der Waals surface area contributed by atoms with Gasteiger partial charge in [0.15, 0.2) is 0 Å². The molecule has 11 aromatic rings. The van der Waals surface area contributed by atoms with Gasteiger partial charge in [0, 0.05) is 37.9 Å². The van der Waals surface area contributed by atoms with E-state index in [1.54, 1.807) is 0 Å². The minimum Gasteiger partial charge on any atom is -0.456 e. The Bertz CT molecular complexity index is 3420. The molecule has 57 heavy (non-hydrogen) atoms. The van der Waals surface area contributed by atoms with Crippen LogP contribution in [0.4, 0.5) is 0 Å². The fourth-order valence-corrected chi connectivity index (χ4v) is 9.49. The van der Waals surface area contributed by atoms with Gasteiger partial charge in [-0.25, -0.2) is 9.97 Å². The van der Waals surface area contributed by atoms with Crippen LogP contribution in [-0.2, 0) is 5.41 Å². The van der Waals surface area contributed by atoms with E-state index in [0.29, 0.717) is 5.95 Å². The third-order valence-electron chi connectivity index (χ3n) is 12.2. The summed E-state index contributed by atoms with van der Waals surface area (Å²) in [4.78, 5) is 10.9. The van der Waals surface area contributed by atoms with E-state index in [9.17, 15) is 0 Å². The Morgan fingerprint density at radius 3 is 1.96 bits per heavy atom. The summed E-state index contributed by atoms with van der Waals surface area (Å²) < 4.78 is 8.53. The standard InChI is InChI=1S/C53H35N3O/c1-53(2)44-17-9-6-14-37(44)39-26-27-40-42-30-35(36-25-29-48-43(31-36)38-15-8-11-19-47(38)57-48)24-28-46(42)56(51(40)49(39)53)52-54-45-18-10-7-16-41(45)50(55-52)34-22-20-33(21-23-34)32-12-4-3-5-13-32/h3-31H,1-2H3. The van der Waals surface area contributed by atoms with Crippen LogP contribution >= 0.6 is 0 Å². The molecule has 0 radical (unpaired) electrons. The van der Waals surface area contributed by atoms with Crippen LogP contribution in [0.2, 0.25) is 0 Å². The van der Waals surface area contributed by atoms with Crippen molar-refractivity contribution in [3.8, 4) is 50.6 Å². The first kappa shape index (κ1) is 32.0. The van der Waals surface area contributed by atoms with Gasteiger partial charge < -0.3 is 4.42 Å². The van der Waals surface area contributed by atoms with Crippen molar-refractivity contribution in [2.75, 3.05) is 0 Å². The Morgan fingerprint density at radius 1 is 0.456 bits per heavy atom. The quantitative estimate of drug-likeness (QED) is 0.181. The van der Waals surface area contributed by atoms with Crippen LogP contribution < -0.4 is 0 Å². The lowest BCUT2D eigenvalue weighted by atomic mass is 9.81. The summed E-state index contributed by atoms with van der Waals surface area (Å²) in [6.07, 6.45) is 0. The molecule has 0 spiro atoms. The summed E-state index contributed by atoms with van der Waals surface area (Å²) >= 11 is 0. The Labute approximate surface area is 329 Å². The number of aromatic nitrogens is 3. The average molecular weight is 730 g/mol. The normalized spacial score (nSPS) is 13.2. The number of benzene rings is 8. The highest BCUT2D eigenvalue weighted by Crippen LogP contribution is 2.53. The smallest absolute Gasteiger partial charge is 0.235 e. The first-order valence-corrected chi connectivity index (χ1v) is 19.6. The highest BCUT2D eigenvalue weighted by Gasteiger charge is 2.38. The Kier molecular flexibility index (Phi) is 6.65. The lowest BCUT2D eigenvalue weighted by Crippen LogP contribution is -2.17. The van der Waals surface area contributed by atoms with E-state index < -0.39 is 0 Å². The fourth-order valence-electron chi connectivity index (χ4n) is 9.49. The van der Waals surface area contributed by atoms with E-state index in [-0.39, 0.29) is 5.41 Å². The Balaban J connectivity index is 1.13. The third-order valence-corrected chi connectivity index (χ3v) is 12.2. The monoisotopic (exact) mass is 729 g/mol. The minimum absolute atomic E-state index is 0.249. The summed E-state index contributed by atoms with van der Waals surface area (Å²) in [6.45, 7) is 4.71. The van der Waals surface area contributed by atoms with Crippen LogP contribution in [-0.4, -0.2) is 14.5 Å². The summed E-state index contributed by atoms with van der Waals surface area (Å²) in [5, 5.41) is 5.63. The van der Waals surface area contributed by atoms with Crippen molar-refractivity contribution in [1.29, 1.82) is 0 Å². The molecule has 0 bridgehead atoms. The topological polar surface area (TPSA) is 43.9 Å². The molecule has 0 N–H and O–H groups in total. The highest BCUT2D eigenvalue weighted by molar-refractivity contribution is 6.14.